The largest absolute Gasteiger partial charge is 0.493 e. The van der Waals surface area contributed by atoms with Crippen molar-refractivity contribution in [2.45, 2.75) is 19.8 Å². The van der Waals surface area contributed by atoms with Crippen LogP contribution in [-0.4, -0.2) is 44.0 Å². The first-order valence-corrected chi connectivity index (χ1v) is 7.28. The molecule has 0 aliphatic heterocycles. The fourth-order valence-electron chi connectivity index (χ4n) is 1.92. The number of nitrogens with zero attached hydrogens (tertiary/aromatic N) is 1. The lowest BCUT2D eigenvalue weighted by Gasteiger charge is -2.22. The molecule has 0 fully saturated rings. The molecule has 0 N–H and O–H groups in total. The van der Waals surface area contributed by atoms with Crippen LogP contribution in [0.3, 0.4) is 0 Å². The molecule has 4 nitrogen and oxygen atoms in total. The van der Waals surface area contributed by atoms with Gasteiger partial charge in [-0.25, -0.2) is 0 Å². The smallest absolute Gasteiger partial charge is 0.254 e. The first-order valence-electron chi connectivity index (χ1n) is 6.75. The van der Waals surface area contributed by atoms with E-state index in [2.05, 4.69) is 6.92 Å². The third-order valence-corrected chi connectivity index (χ3v) is 3.22. The van der Waals surface area contributed by atoms with Crippen molar-refractivity contribution in [1.29, 1.82) is 0 Å². The second-order valence-electron chi connectivity index (χ2n) is 4.40. The molecule has 0 atom stereocenters. The average Bonchev–Trinajstić information content (AvgIpc) is 2.49. The van der Waals surface area contributed by atoms with E-state index in [0.29, 0.717) is 29.5 Å². The minimum absolute atomic E-state index is 0.0277. The molecular formula is C15H22ClNO3. The van der Waals surface area contributed by atoms with Crippen molar-refractivity contribution in [2.75, 3.05) is 33.2 Å². The van der Waals surface area contributed by atoms with Gasteiger partial charge >= 0.3 is 0 Å². The maximum absolute atomic E-state index is 12.5. The standard InChI is InChI=1S/C15H22ClNO3/c1-4-5-9-17(10-8-16)15(18)12-6-7-13(19-2)14(11-12)20-3/h6-7,11H,4-5,8-10H2,1-3H3. The van der Waals surface area contributed by atoms with Gasteiger partial charge in [0.1, 0.15) is 0 Å². The first kappa shape index (κ1) is 16.6. The van der Waals surface area contributed by atoms with Gasteiger partial charge < -0.3 is 14.4 Å². The SMILES string of the molecule is CCCCN(CCCl)C(=O)c1ccc(OC)c(OC)c1. The van der Waals surface area contributed by atoms with E-state index in [1.165, 1.54) is 0 Å². The molecular weight excluding hydrogens is 278 g/mol. The summed E-state index contributed by atoms with van der Waals surface area (Å²) < 4.78 is 10.4. The first-order chi connectivity index (χ1) is 9.67. The Hall–Kier alpha value is -1.42. The predicted octanol–water partition coefficient (Wildman–Crippen LogP) is 3.18. The van der Waals surface area contributed by atoms with Gasteiger partial charge in [0.15, 0.2) is 11.5 Å². The number of unbranched alkanes of at least 4 members (excludes halogenated alkanes) is 1. The molecule has 1 amide bonds. The summed E-state index contributed by atoms with van der Waals surface area (Å²) in [7, 11) is 3.13. The van der Waals surface area contributed by atoms with Crippen molar-refractivity contribution in [2.24, 2.45) is 0 Å². The molecule has 1 aromatic rings. The Bertz CT molecular complexity index is 437. The quantitative estimate of drug-likeness (QED) is 0.692. The van der Waals surface area contributed by atoms with Crippen LogP contribution in [0.1, 0.15) is 30.1 Å². The fraction of sp³-hybridized carbons (Fsp3) is 0.533. The molecule has 0 spiro atoms. The average molecular weight is 300 g/mol. The summed E-state index contributed by atoms with van der Waals surface area (Å²) in [6.07, 6.45) is 2.01. The highest BCUT2D eigenvalue weighted by Gasteiger charge is 2.16. The minimum Gasteiger partial charge on any atom is -0.493 e. The van der Waals surface area contributed by atoms with Crippen LogP contribution in [0.15, 0.2) is 18.2 Å². The molecule has 1 rings (SSSR count). The number of alkyl halides is 1. The highest BCUT2D eigenvalue weighted by Crippen LogP contribution is 2.28. The van der Waals surface area contributed by atoms with E-state index >= 15 is 0 Å². The monoisotopic (exact) mass is 299 g/mol. The van der Waals surface area contributed by atoms with E-state index < -0.39 is 0 Å². The lowest BCUT2D eigenvalue weighted by atomic mass is 10.1. The summed E-state index contributed by atoms with van der Waals surface area (Å²) in [5.74, 6) is 1.57. The van der Waals surface area contributed by atoms with Gasteiger partial charge in [0.05, 0.1) is 14.2 Å². The van der Waals surface area contributed by atoms with Crippen molar-refractivity contribution < 1.29 is 14.3 Å². The van der Waals surface area contributed by atoms with Gasteiger partial charge in [-0.3, -0.25) is 4.79 Å². The molecule has 0 saturated carbocycles. The Balaban J connectivity index is 2.93. The lowest BCUT2D eigenvalue weighted by Crippen LogP contribution is -2.33. The summed E-state index contributed by atoms with van der Waals surface area (Å²) >= 11 is 5.77. The van der Waals surface area contributed by atoms with Crippen molar-refractivity contribution in [1.82, 2.24) is 4.90 Å². The zero-order chi connectivity index (χ0) is 15.0. The van der Waals surface area contributed by atoms with Crippen molar-refractivity contribution in [3.05, 3.63) is 23.8 Å². The number of benzene rings is 1. The highest BCUT2D eigenvalue weighted by atomic mass is 35.5. The number of amides is 1. The Kier molecular flexibility index (Phi) is 7.23. The van der Waals surface area contributed by atoms with Gasteiger partial charge in [-0.1, -0.05) is 13.3 Å². The van der Waals surface area contributed by atoms with E-state index in [1.54, 1.807) is 37.3 Å². The molecule has 0 unspecified atom stereocenters. The number of carbonyl (C=O) groups is 1. The summed E-state index contributed by atoms with van der Waals surface area (Å²) in [6, 6.07) is 5.19. The molecule has 5 heteroatoms. The van der Waals surface area contributed by atoms with Gasteiger partial charge in [-0.05, 0) is 24.6 Å². The molecule has 0 aromatic heterocycles. The van der Waals surface area contributed by atoms with E-state index in [1.807, 2.05) is 0 Å². The number of hydrogen-bond acceptors (Lipinski definition) is 3. The summed E-state index contributed by atoms with van der Waals surface area (Å²) in [5.41, 5.74) is 0.587. The third-order valence-electron chi connectivity index (χ3n) is 3.05. The van der Waals surface area contributed by atoms with Crippen molar-refractivity contribution in [3.8, 4) is 11.5 Å². The van der Waals surface area contributed by atoms with Gasteiger partial charge in [0, 0.05) is 24.5 Å². The van der Waals surface area contributed by atoms with Crippen molar-refractivity contribution >= 4 is 17.5 Å². The van der Waals surface area contributed by atoms with Crippen LogP contribution in [0.4, 0.5) is 0 Å². The third kappa shape index (κ3) is 4.30. The maximum Gasteiger partial charge on any atom is 0.254 e. The molecule has 112 valence electrons. The minimum atomic E-state index is -0.0277. The van der Waals surface area contributed by atoms with Crippen LogP contribution in [0.2, 0.25) is 0 Å². The molecule has 0 aliphatic carbocycles. The molecule has 0 bridgehead atoms. The predicted molar refractivity (Wildman–Crippen MR) is 81.1 cm³/mol. The van der Waals surface area contributed by atoms with Gasteiger partial charge in [0.2, 0.25) is 0 Å². The van der Waals surface area contributed by atoms with Crippen LogP contribution in [0.25, 0.3) is 0 Å². The van der Waals surface area contributed by atoms with Crippen LogP contribution in [0, 0.1) is 0 Å². The second-order valence-corrected chi connectivity index (χ2v) is 4.78. The van der Waals surface area contributed by atoms with Crippen LogP contribution < -0.4 is 9.47 Å². The van der Waals surface area contributed by atoms with Gasteiger partial charge in [-0.15, -0.1) is 11.6 Å². The molecule has 0 saturated heterocycles. The Morgan fingerprint density at radius 1 is 1.20 bits per heavy atom. The Morgan fingerprint density at radius 3 is 2.45 bits per heavy atom. The maximum atomic E-state index is 12.5. The summed E-state index contributed by atoms with van der Waals surface area (Å²) in [5, 5.41) is 0. The second kappa shape index (κ2) is 8.69. The normalized spacial score (nSPS) is 10.2. The number of halogens is 1. The summed E-state index contributed by atoms with van der Waals surface area (Å²) in [4.78, 5) is 14.3. The lowest BCUT2D eigenvalue weighted by molar-refractivity contribution is 0.0763. The topological polar surface area (TPSA) is 38.8 Å². The van der Waals surface area contributed by atoms with E-state index in [4.69, 9.17) is 21.1 Å². The zero-order valence-corrected chi connectivity index (χ0v) is 13.1. The molecule has 0 radical (unpaired) electrons. The van der Waals surface area contributed by atoms with Crippen molar-refractivity contribution in [3.63, 3.8) is 0 Å². The Labute approximate surface area is 125 Å². The number of ether oxygens (including phenoxy) is 2. The number of carbonyl (C=O) groups excluding carboxylic acids is 1. The van der Waals surface area contributed by atoms with Crippen LogP contribution in [0.5, 0.6) is 11.5 Å². The number of hydrogen-bond donors (Lipinski definition) is 0. The Morgan fingerprint density at radius 2 is 1.90 bits per heavy atom. The zero-order valence-electron chi connectivity index (χ0n) is 12.3. The van der Waals surface area contributed by atoms with E-state index in [0.717, 1.165) is 19.4 Å². The highest BCUT2D eigenvalue weighted by molar-refractivity contribution is 6.18. The van der Waals surface area contributed by atoms with Gasteiger partial charge in [0.25, 0.3) is 5.91 Å². The molecule has 1 aromatic carbocycles. The molecule has 0 aliphatic rings. The van der Waals surface area contributed by atoms with Crippen LogP contribution >= 0.6 is 11.6 Å². The van der Waals surface area contributed by atoms with E-state index in [-0.39, 0.29) is 5.91 Å². The van der Waals surface area contributed by atoms with Gasteiger partial charge in [-0.2, -0.15) is 0 Å². The number of methoxy groups -OCH3 is 2. The molecule has 0 heterocycles. The molecule has 20 heavy (non-hydrogen) atoms. The summed E-state index contributed by atoms with van der Waals surface area (Å²) in [6.45, 7) is 3.37. The number of rotatable bonds is 8. The fourth-order valence-corrected chi connectivity index (χ4v) is 2.12. The van der Waals surface area contributed by atoms with E-state index in [9.17, 15) is 4.79 Å². The van der Waals surface area contributed by atoms with Crippen LogP contribution in [-0.2, 0) is 0 Å².